The van der Waals surface area contributed by atoms with Gasteiger partial charge in [-0.05, 0) is 20.8 Å². The van der Waals surface area contributed by atoms with Gasteiger partial charge in [-0.3, -0.25) is 5.01 Å². The molecule has 0 aliphatic carbocycles. The monoisotopic (exact) mass is 127 g/mol. The Morgan fingerprint density at radius 2 is 2.22 bits per heavy atom. The molecule has 0 bridgehead atoms. The van der Waals surface area contributed by atoms with Crippen molar-refractivity contribution in [3.05, 3.63) is 0 Å². The quantitative estimate of drug-likeness (QED) is 0.451. The van der Waals surface area contributed by atoms with Gasteiger partial charge in [-0.2, -0.15) is 0 Å². The van der Waals surface area contributed by atoms with Crippen molar-refractivity contribution >= 4 is 6.01 Å². The first-order chi connectivity index (χ1) is 4.22. The molecule has 0 spiro atoms. The maximum atomic E-state index is 6.57. The third-order valence-corrected chi connectivity index (χ3v) is 1.10. The van der Waals surface area contributed by atoms with Gasteiger partial charge < -0.3 is 0 Å². The molecule has 0 radical (unpaired) electrons. The second-order valence-corrected chi connectivity index (χ2v) is 2.06. The van der Waals surface area contributed by atoms with E-state index in [1.165, 1.54) is 0 Å². The average Bonchev–Trinajstić information content (AvgIpc) is 1.82. The summed E-state index contributed by atoms with van der Waals surface area (Å²) in [7, 11) is 0. The molecule has 0 saturated carbocycles. The van der Waals surface area contributed by atoms with Gasteiger partial charge in [-0.1, -0.05) is 0 Å². The number of nitrogens with one attached hydrogen (secondary N) is 1. The van der Waals surface area contributed by atoms with Crippen LogP contribution in [-0.4, -0.2) is 23.6 Å². The molecule has 0 aromatic heterocycles. The van der Waals surface area contributed by atoms with E-state index in [-0.39, 0.29) is 0 Å². The molecule has 3 heteroatoms. The molecule has 0 aliphatic heterocycles. The highest BCUT2D eigenvalue weighted by Gasteiger charge is 1.99. The number of hydrogen-bond donors (Lipinski definition) is 1. The van der Waals surface area contributed by atoms with E-state index in [9.17, 15) is 0 Å². The van der Waals surface area contributed by atoms with Gasteiger partial charge in [-0.25, -0.2) is 5.41 Å². The summed E-state index contributed by atoms with van der Waals surface area (Å²) in [6, 6.07) is 2.37. The lowest BCUT2D eigenvalue weighted by molar-refractivity contribution is 0.247. The van der Waals surface area contributed by atoms with Gasteiger partial charge in [0.2, 0.25) is 0 Å². The summed E-state index contributed by atoms with van der Waals surface area (Å²) in [5, 5.41) is 12.1. The van der Waals surface area contributed by atoms with Crippen molar-refractivity contribution in [2.75, 3.05) is 6.54 Å². The van der Waals surface area contributed by atoms with Crippen LogP contribution in [0.15, 0.2) is 5.10 Å². The predicted molar refractivity (Wildman–Crippen MR) is 37.7 cm³/mol. The van der Waals surface area contributed by atoms with Gasteiger partial charge in [0.1, 0.15) is 6.01 Å². The SMILES string of the molecule is CCN(N=C=N)C(C)C. The fraction of sp³-hybridized carbons (Fsp3) is 0.833. The summed E-state index contributed by atoms with van der Waals surface area (Å²) in [6.45, 7) is 6.90. The van der Waals surface area contributed by atoms with Crippen LogP contribution in [0.3, 0.4) is 0 Å². The summed E-state index contributed by atoms with van der Waals surface area (Å²) in [5.41, 5.74) is 0. The van der Waals surface area contributed by atoms with Gasteiger partial charge in [0.05, 0.1) is 0 Å². The standard InChI is InChI=1S/C6H13N3/c1-4-9(6(2)3)8-5-7/h6-7H,4H2,1-3H3. The Balaban J connectivity index is 3.82. The van der Waals surface area contributed by atoms with Crippen LogP contribution in [-0.2, 0) is 0 Å². The van der Waals surface area contributed by atoms with E-state index in [1.54, 1.807) is 5.01 Å². The van der Waals surface area contributed by atoms with Crippen LogP contribution in [0.2, 0.25) is 0 Å². The Labute approximate surface area is 55.9 Å². The van der Waals surface area contributed by atoms with Crippen molar-refractivity contribution in [1.82, 2.24) is 5.01 Å². The lowest BCUT2D eigenvalue weighted by Crippen LogP contribution is -2.24. The zero-order valence-electron chi connectivity index (χ0n) is 6.18. The van der Waals surface area contributed by atoms with Crippen molar-refractivity contribution in [3.8, 4) is 0 Å². The predicted octanol–water partition coefficient (Wildman–Crippen LogP) is 1.38. The average molecular weight is 127 g/mol. The van der Waals surface area contributed by atoms with Crippen molar-refractivity contribution < 1.29 is 0 Å². The first kappa shape index (κ1) is 8.18. The van der Waals surface area contributed by atoms with Crippen LogP contribution in [0.5, 0.6) is 0 Å². The Morgan fingerprint density at radius 1 is 1.67 bits per heavy atom. The van der Waals surface area contributed by atoms with Gasteiger partial charge >= 0.3 is 0 Å². The van der Waals surface area contributed by atoms with E-state index < -0.39 is 0 Å². The van der Waals surface area contributed by atoms with Gasteiger partial charge in [-0.15, -0.1) is 5.10 Å². The molecule has 9 heavy (non-hydrogen) atoms. The fourth-order valence-electron chi connectivity index (χ4n) is 0.616. The summed E-state index contributed by atoms with van der Waals surface area (Å²) in [5.74, 6) is 0. The Bertz CT molecular complexity index is 113. The highest BCUT2D eigenvalue weighted by Crippen LogP contribution is 1.95. The number of rotatable bonds is 3. The number of nitrogens with zero attached hydrogens (tertiary/aromatic N) is 2. The highest BCUT2D eigenvalue weighted by molar-refractivity contribution is 5.35. The molecule has 52 valence electrons. The van der Waals surface area contributed by atoms with Crippen LogP contribution in [0.25, 0.3) is 0 Å². The lowest BCUT2D eigenvalue weighted by atomic mass is 10.4. The third-order valence-electron chi connectivity index (χ3n) is 1.10. The van der Waals surface area contributed by atoms with E-state index >= 15 is 0 Å². The van der Waals surface area contributed by atoms with Gasteiger partial charge in [0.15, 0.2) is 0 Å². The van der Waals surface area contributed by atoms with E-state index in [2.05, 4.69) is 5.10 Å². The smallest absolute Gasteiger partial charge is 0.111 e. The molecule has 0 saturated heterocycles. The second-order valence-electron chi connectivity index (χ2n) is 2.06. The van der Waals surface area contributed by atoms with Crippen LogP contribution >= 0.6 is 0 Å². The molecule has 0 atom stereocenters. The summed E-state index contributed by atoms with van der Waals surface area (Å²) < 4.78 is 0. The van der Waals surface area contributed by atoms with E-state index in [0.717, 1.165) is 6.54 Å². The van der Waals surface area contributed by atoms with E-state index in [1.807, 2.05) is 26.8 Å². The van der Waals surface area contributed by atoms with Gasteiger partial charge in [0.25, 0.3) is 0 Å². The normalized spacial score (nSPS) is 8.89. The minimum atomic E-state index is 0.368. The molecular formula is C6H13N3. The van der Waals surface area contributed by atoms with Crippen molar-refractivity contribution in [3.63, 3.8) is 0 Å². The molecule has 1 N–H and O–H groups in total. The van der Waals surface area contributed by atoms with Crippen LogP contribution in [0.4, 0.5) is 0 Å². The van der Waals surface area contributed by atoms with Crippen molar-refractivity contribution in [2.45, 2.75) is 26.8 Å². The van der Waals surface area contributed by atoms with Crippen molar-refractivity contribution in [2.24, 2.45) is 5.10 Å². The Morgan fingerprint density at radius 3 is 2.33 bits per heavy atom. The first-order valence-corrected chi connectivity index (χ1v) is 3.11. The molecule has 0 rings (SSSR count). The Kier molecular flexibility index (Phi) is 3.72. The zero-order chi connectivity index (χ0) is 7.28. The number of hydrogen-bond acceptors (Lipinski definition) is 3. The first-order valence-electron chi connectivity index (χ1n) is 3.11. The molecule has 0 aromatic carbocycles. The molecule has 0 aliphatic rings. The summed E-state index contributed by atoms with van der Waals surface area (Å²) in [4.78, 5) is 0. The minimum absolute atomic E-state index is 0.368. The number of hydrazone groups is 1. The minimum Gasteiger partial charge on any atom is -0.285 e. The highest BCUT2D eigenvalue weighted by atomic mass is 15.5. The molecule has 0 heterocycles. The molecule has 0 aromatic rings. The third kappa shape index (κ3) is 2.88. The summed E-state index contributed by atoms with van der Waals surface area (Å²) in [6.07, 6.45) is 0. The molecule has 0 unspecified atom stereocenters. The second kappa shape index (κ2) is 4.10. The van der Waals surface area contributed by atoms with Crippen LogP contribution in [0.1, 0.15) is 20.8 Å². The zero-order valence-corrected chi connectivity index (χ0v) is 6.18. The molecule has 0 amide bonds. The molecule has 0 fully saturated rings. The fourth-order valence-corrected chi connectivity index (χ4v) is 0.616. The van der Waals surface area contributed by atoms with Crippen LogP contribution < -0.4 is 0 Å². The van der Waals surface area contributed by atoms with Crippen molar-refractivity contribution in [1.29, 1.82) is 5.41 Å². The van der Waals surface area contributed by atoms with E-state index in [4.69, 9.17) is 5.41 Å². The molecule has 3 nitrogen and oxygen atoms in total. The Hall–Kier alpha value is -0.820. The topological polar surface area (TPSA) is 39.5 Å². The largest absolute Gasteiger partial charge is 0.285 e. The molecular weight excluding hydrogens is 114 g/mol. The van der Waals surface area contributed by atoms with Gasteiger partial charge in [0, 0.05) is 12.6 Å². The maximum absolute atomic E-state index is 6.57. The van der Waals surface area contributed by atoms with Crippen LogP contribution in [0, 0.1) is 5.41 Å². The lowest BCUT2D eigenvalue weighted by Gasteiger charge is -2.18. The summed E-state index contributed by atoms with van der Waals surface area (Å²) >= 11 is 0. The van der Waals surface area contributed by atoms with E-state index in [0.29, 0.717) is 6.04 Å². The maximum Gasteiger partial charge on any atom is 0.111 e.